The Labute approximate surface area is 111 Å². The fraction of sp³-hybridized carbons (Fsp3) is 0.286. The second-order valence-electron chi connectivity index (χ2n) is 4.76. The highest BCUT2D eigenvalue weighted by Gasteiger charge is 2.23. The molecule has 0 bridgehead atoms. The molecule has 1 aliphatic rings. The van der Waals surface area contributed by atoms with Gasteiger partial charge in [0.1, 0.15) is 0 Å². The maximum absolute atomic E-state index is 11.6. The van der Waals surface area contributed by atoms with E-state index < -0.39 is 0 Å². The van der Waals surface area contributed by atoms with Crippen LogP contribution >= 0.6 is 0 Å². The summed E-state index contributed by atoms with van der Waals surface area (Å²) in [5, 5.41) is 9.58. The molecule has 1 aliphatic heterocycles. The summed E-state index contributed by atoms with van der Waals surface area (Å²) in [6, 6.07) is 6.26. The molecule has 5 heteroatoms. The SMILES string of the molecule is CNc1cccc2c1CN(c1cn[nH]c(=O)c1C)C2. The lowest BCUT2D eigenvalue weighted by molar-refractivity contribution is 0.849. The third-order valence-corrected chi connectivity index (χ3v) is 3.67. The Morgan fingerprint density at radius 2 is 2.21 bits per heavy atom. The predicted octanol–water partition coefficient (Wildman–Crippen LogP) is 1.64. The van der Waals surface area contributed by atoms with Crippen molar-refractivity contribution in [3.8, 4) is 0 Å². The van der Waals surface area contributed by atoms with Crippen LogP contribution in [0.4, 0.5) is 11.4 Å². The van der Waals surface area contributed by atoms with Crippen LogP contribution in [0.5, 0.6) is 0 Å². The lowest BCUT2D eigenvalue weighted by Gasteiger charge is -2.18. The number of H-pyrrole nitrogens is 1. The third kappa shape index (κ3) is 1.87. The number of aromatic nitrogens is 2. The molecule has 0 amide bonds. The van der Waals surface area contributed by atoms with Gasteiger partial charge in [0.2, 0.25) is 0 Å². The number of aromatic amines is 1. The summed E-state index contributed by atoms with van der Waals surface area (Å²) in [7, 11) is 1.93. The van der Waals surface area contributed by atoms with Gasteiger partial charge in [-0.2, -0.15) is 5.10 Å². The highest BCUT2D eigenvalue weighted by atomic mass is 16.1. The number of nitrogens with one attached hydrogen (secondary N) is 2. The number of fused-ring (bicyclic) bond motifs is 1. The lowest BCUT2D eigenvalue weighted by Crippen LogP contribution is -2.21. The number of anilines is 2. The van der Waals surface area contributed by atoms with Gasteiger partial charge >= 0.3 is 0 Å². The standard InChI is InChI=1S/C14H16N4O/c1-9-13(6-16-17-14(9)19)18-7-10-4-3-5-12(15-2)11(10)8-18/h3-6,15H,7-8H2,1-2H3,(H,17,19). The second-order valence-corrected chi connectivity index (χ2v) is 4.76. The molecule has 2 N–H and O–H groups in total. The Balaban J connectivity index is 2.00. The van der Waals surface area contributed by atoms with Crippen molar-refractivity contribution >= 4 is 11.4 Å². The first-order chi connectivity index (χ1) is 9.20. The first-order valence-corrected chi connectivity index (χ1v) is 6.28. The summed E-state index contributed by atoms with van der Waals surface area (Å²) in [6.45, 7) is 3.45. The summed E-state index contributed by atoms with van der Waals surface area (Å²) in [5.41, 5.74) is 5.24. The monoisotopic (exact) mass is 256 g/mol. The van der Waals surface area contributed by atoms with Crippen molar-refractivity contribution in [1.82, 2.24) is 10.2 Å². The van der Waals surface area contributed by atoms with Gasteiger partial charge in [0.25, 0.3) is 5.56 Å². The molecule has 2 heterocycles. The molecule has 0 unspecified atom stereocenters. The number of benzene rings is 1. The summed E-state index contributed by atoms with van der Waals surface area (Å²) < 4.78 is 0. The minimum atomic E-state index is -0.123. The Hall–Kier alpha value is -2.30. The summed E-state index contributed by atoms with van der Waals surface area (Å²) >= 11 is 0. The minimum Gasteiger partial charge on any atom is -0.388 e. The van der Waals surface area contributed by atoms with E-state index in [1.54, 1.807) is 6.20 Å². The molecular weight excluding hydrogens is 240 g/mol. The zero-order valence-electron chi connectivity index (χ0n) is 11.0. The zero-order valence-corrected chi connectivity index (χ0v) is 11.0. The van der Waals surface area contributed by atoms with Crippen LogP contribution in [-0.4, -0.2) is 17.2 Å². The molecule has 0 spiro atoms. The van der Waals surface area contributed by atoms with E-state index in [9.17, 15) is 4.79 Å². The topological polar surface area (TPSA) is 61.0 Å². The summed E-state index contributed by atoms with van der Waals surface area (Å²) in [4.78, 5) is 13.8. The van der Waals surface area contributed by atoms with Crippen LogP contribution in [0.15, 0.2) is 29.2 Å². The average Bonchev–Trinajstić information content (AvgIpc) is 2.85. The van der Waals surface area contributed by atoms with E-state index in [0.29, 0.717) is 5.56 Å². The fourth-order valence-electron chi connectivity index (χ4n) is 2.59. The largest absolute Gasteiger partial charge is 0.388 e. The normalized spacial score (nSPS) is 13.5. The van der Waals surface area contributed by atoms with Gasteiger partial charge in [-0.15, -0.1) is 0 Å². The molecule has 0 atom stereocenters. The van der Waals surface area contributed by atoms with Crippen LogP contribution in [0.1, 0.15) is 16.7 Å². The second kappa shape index (κ2) is 4.42. The van der Waals surface area contributed by atoms with Gasteiger partial charge in [-0.05, 0) is 24.1 Å². The lowest BCUT2D eigenvalue weighted by atomic mass is 10.1. The van der Waals surface area contributed by atoms with Crippen molar-refractivity contribution in [2.75, 3.05) is 17.3 Å². The van der Waals surface area contributed by atoms with Crippen molar-refractivity contribution in [1.29, 1.82) is 0 Å². The maximum Gasteiger partial charge on any atom is 0.269 e. The van der Waals surface area contributed by atoms with Gasteiger partial charge in [0.05, 0.1) is 11.9 Å². The number of hydrogen-bond donors (Lipinski definition) is 2. The summed E-state index contributed by atoms with van der Waals surface area (Å²) in [6.07, 6.45) is 1.72. The van der Waals surface area contributed by atoms with Gasteiger partial charge in [-0.25, -0.2) is 5.10 Å². The Morgan fingerprint density at radius 1 is 1.37 bits per heavy atom. The van der Waals surface area contributed by atoms with E-state index in [0.717, 1.165) is 24.5 Å². The summed E-state index contributed by atoms with van der Waals surface area (Å²) in [5.74, 6) is 0. The van der Waals surface area contributed by atoms with Gasteiger partial charge in [-0.1, -0.05) is 12.1 Å². The Morgan fingerprint density at radius 3 is 3.00 bits per heavy atom. The van der Waals surface area contributed by atoms with Crippen molar-refractivity contribution in [2.24, 2.45) is 0 Å². The highest BCUT2D eigenvalue weighted by molar-refractivity contribution is 5.62. The Bertz CT molecular complexity index is 677. The molecule has 19 heavy (non-hydrogen) atoms. The van der Waals surface area contributed by atoms with E-state index in [2.05, 4.69) is 38.6 Å². The van der Waals surface area contributed by atoms with E-state index in [1.165, 1.54) is 11.1 Å². The minimum absolute atomic E-state index is 0.123. The molecule has 1 aromatic heterocycles. The van der Waals surface area contributed by atoms with Crippen molar-refractivity contribution in [3.63, 3.8) is 0 Å². The quantitative estimate of drug-likeness (QED) is 0.857. The smallest absolute Gasteiger partial charge is 0.269 e. The molecular formula is C14H16N4O. The van der Waals surface area contributed by atoms with E-state index in [-0.39, 0.29) is 5.56 Å². The van der Waals surface area contributed by atoms with Gasteiger partial charge in [0, 0.05) is 31.4 Å². The third-order valence-electron chi connectivity index (χ3n) is 3.67. The van der Waals surface area contributed by atoms with Crippen LogP contribution in [-0.2, 0) is 13.1 Å². The van der Waals surface area contributed by atoms with E-state index in [4.69, 9.17) is 0 Å². The molecule has 0 aliphatic carbocycles. The van der Waals surface area contributed by atoms with Crippen LogP contribution in [0.25, 0.3) is 0 Å². The molecule has 1 aromatic carbocycles. The number of hydrogen-bond acceptors (Lipinski definition) is 4. The number of nitrogens with zero attached hydrogens (tertiary/aromatic N) is 2. The van der Waals surface area contributed by atoms with Crippen molar-refractivity contribution in [3.05, 3.63) is 51.4 Å². The van der Waals surface area contributed by atoms with Crippen molar-refractivity contribution < 1.29 is 0 Å². The molecule has 0 saturated carbocycles. The van der Waals surface area contributed by atoms with Gasteiger partial charge in [-0.3, -0.25) is 4.79 Å². The fourth-order valence-corrected chi connectivity index (χ4v) is 2.59. The maximum atomic E-state index is 11.6. The molecule has 5 nitrogen and oxygen atoms in total. The molecule has 2 aromatic rings. The van der Waals surface area contributed by atoms with Gasteiger partial charge < -0.3 is 10.2 Å². The van der Waals surface area contributed by atoms with Gasteiger partial charge in [0.15, 0.2) is 0 Å². The van der Waals surface area contributed by atoms with Crippen LogP contribution in [0.2, 0.25) is 0 Å². The van der Waals surface area contributed by atoms with Crippen LogP contribution in [0.3, 0.4) is 0 Å². The average molecular weight is 256 g/mol. The van der Waals surface area contributed by atoms with Crippen molar-refractivity contribution in [2.45, 2.75) is 20.0 Å². The van der Waals surface area contributed by atoms with E-state index in [1.807, 2.05) is 14.0 Å². The first kappa shape index (κ1) is 11.8. The first-order valence-electron chi connectivity index (χ1n) is 6.28. The molecule has 0 radical (unpaired) electrons. The number of rotatable bonds is 2. The molecule has 3 rings (SSSR count). The zero-order chi connectivity index (χ0) is 13.4. The van der Waals surface area contributed by atoms with E-state index >= 15 is 0 Å². The molecule has 0 saturated heterocycles. The molecule has 0 fully saturated rings. The predicted molar refractivity (Wildman–Crippen MR) is 75.5 cm³/mol. The Kier molecular flexibility index (Phi) is 2.74. The van der Waals surface area contributed by atoms with Crippen LogP contribution in [0, 0.1) is 6.92 Å². The van der Waals surface area contributed by atoms with Crippen LogP contribution < -0.4 is 15.8 Å². The molecule has 98 valence electrons. The highest BCUT2D eigenvalue weighted by Crippen LogP contribution is 2.32.